The molecule has 1 fully saturated rings. The average molecular weight is 253 g/mol. The van der Waals surface area contributed by atoms with Gasteiger partial charge < -0.3 is 9.63 Å². The number of aromatic nitrogens is 1. The number of aliphatic hydroxyl groups is 1. The molecule has 6 heteroatoms. The maximum atomic E-state index is 11.7. The number of aryl methyl sites for hydroxylation is 1. The van der Waals surface area contributed by atoms with Crippen LogP contribution >= 0.6 is 0 Å². The molecule has 0 spiro atoms. The minimum Gasteiger partial charge on any atom is -0.390 e. The van der Waals surface area contributed by atoms with Crippen LogP contribution in [0.1, 0.15) is 25.5 Å². The van der Waals surface area contributed by atoms with Gasteiger partial charge in [0.05, 0.1) is 17.8 Å². The Morgan fingerprint density at radius 3 is 2.83 bits per heavy atom. The van der Waals surface area contributed by atoms with Gasteiger partial charge in [-0.3, -0.25) is 15.0 Å². The summed E-state index contributed by atoms with van der Waals surface area (Å²) in [6.45, 7) is 5.41. The van der Waals surface area contributed by atoms with Crippen LogP contribution in [0, 0.1) is 6.92 Å². The van der Waals surface area contributed by atoms with Crippen LogP contribution in [0.5, 0.6) is 0 Å². The van der Waals surface area contributed by atoms with E-state index in [4.69, 9.17) is 4.52 Å². The van der Waals surface area contributed by atoms with E-state index in [1.165, 1.54) is 0 Å². The third-order valence-electron chi connectivity index (χ3n) is 3.19. The predicted octanol–water partition coefficient (Wildman–Crippen LogP) is 0.768. The Bertz CT molecular complexity index is 418. The van der Waals surface area contributed by atoms with E-state index >= 15 is 0 Å². The predicted molar refractivity (Wildman–Crippen MR) is 66.2 cm³/mol. The van der Waals surface area contributed by atoms with Crippen molar-refractivity contribution < 1.29 is 14.4 Å². The second-order valence-electron chi connectivity index (χ2n) is 5.15. The van der Waals surface area contributed by atoms with Crippen molar-refractivity contribution in [1.29, 1.82) is 0 Å². The first-order valence-corrected chi connectivity index (χ1v) is 6.12. The zero-order chi connectivity index (χ0) is 13.2. The van der Waals surface area contributed by atoms with Crippen molar-refractivity contribution in [3.8, 4) is 0 Å². The van der Waals surface area contributed by atoms with Crippen molar-refractivity contribution in [3.05, 3.63) is 11.8 Å². The fourth-order valence-corrected chi connectivity index (χ4v) is 2.00. The van der Waals surface area contributed by atoms with Gasteiger partial charge in [0.25, 0.3) is 0 Å². The number of hydrogen-bond acceptors (Lipinski definition) is 5. The molecule has 0 saturated carbocycles. The van der Waals surface area contributed by atoms with Crippen LogP contribution in [0.25, 0.3) is 0 Å². The lowest BCUT2D eigenvalue weighted by Gasteiger charge is -2.35. The SMILES string of the molecule is Cc1cc(NC(=O)CN2CCC(C)(O)CC2)on1. The Hall–Kier alpha value is -1.40. The first-order valence-electron chi connectivity index (χ1n) is 6.12. The zero-order valence-corrected chi connectivity index (χ0v) is 10.8. The van der Waals surface area contributed by atoms with Crippen molar-refractivity contribution >= 4 is 11.8 Å². The van der Waals surface area contributed by atoms with E-state index in [-0.39, 0.29) is 5.91 Å². The van der Waals surface area contributed by atoms with Crippen LogP contribution in [0.3, 0.4) is 0 Å². The molecule has 1 aromatic heterocycles. The number of hydrogen-bond donors (Lipinski definition) is 2. The molecule has 0 bridgehead atoms. The highest BCUT2D eigenvalue weighted by Gasteiger charge is 2.28. The standard InChI is InChI=1S/C12H19N3O3/c1-9-7-11(18-14-9)13-10(16)8-15-5-3-12(2,17)4-6-15/h7,17H,3-6,8H2,1-2H3,(H,13,16). The molecule has 0 aliphatic carbocycles. The maximum absolute atomic E-state index is 11.7. The normalized spacial score (nSPS) is 19.7. The summed E-state index contributed by atoms with van der Waals surface area (Å²) in [4.78, 5) is 13.8. The number of carbonyl (C=O) groups excluding carboxylic acids is 1. The number of carbonyl (C=O) groups is 1. The smallest absolute Gasteiger partial charge is 0.240 e. The van der Waals surface area contributed by atoms with Gasteiger partial charge in [0.1, 0.15) is 0 Å². The summed E-state index contributed by atoms with van der Waals surface area (Å²) in [5, 5.41) is 16.2. The molecule has 18 heavy (non-hydrogen) atoms. The highest BCUT2D eigenvalue weighted by molar-refractivity contribution is 5.90. The quantitative estimate of drug-likeness (QED) is 0.831. The second kappa shape index (κ2) is 5.07. The van der Waals surface area contributed by atoms with E-state index in [9.17, 15) is 9.90 Å². The molecule has 1 aliphatic heterocycles. The van der Waals surface area contributed by atoms with E-state index in [1.54, 1.807) is 13.0 Å². The van der Waals surface area contributed by atoms with E-state index in [1.807, 2.05) is 11.8 Å². The van der Waals surface area contributed by atoms with Gasteiger partial charge in [-0.05, 0) is 26.7 Å². The van der Waals surface area contributed by atoms with E-state index in [0.717, 1.165) is 18.8 Å². The van der Waals surface area contributed by atoms with Crippen molar-refractivity contribution in [2.24, 2.45) is 0 Å². The number of rotatable bonds is 3. The lowest BCUT2D eigenvalue weighted by atomic mass is 9.94. The molecular formula is C12H19N3O3. The fourth-order valence-electron chi connectivity index (χ4n) is 2.00. The summed E-state index contributed by atoms with van der Waals surface area (Å²) < 4.78 is 4.92. The topological polar surface area (TPSA) is 78.6 Å². The highest BCUT2D eigenvalue weighted by atomic mass is 16.5. The third-order valence-corrected chi connectivity index (χ3v) is 3.19. The monoisotopic (exact) mass is 253 g/mol. The van der Waals surface area contributed by atoms with Crippen LogP contribution in [-0.4, -0.2) is 46.3 Å². The summed E-state index contributed by atoms with van der Waals surface area (Å²) in [7, 11) is 0. The lowest BCUT2D eigenvalue weighted by Crippen LogP contribution is -2.45. The number of nitrogens with one attached hydrogen (secondary N) is 1. The summed E-state index contributed by atoms with van der Waals surface area (Å²) in [5.41, 5.74) is 0.147. The molecule has 1 saturated heterocycles. The van der Waals surface area contributed by atoms with E-state index in [0.29, 0.717) is 25.3 Å². The third kappa shape index (κ3) is 3.54. The minimum atomic E-state index is -0.588. The molecule has 6 nitrogen and oxygen atoms in total. The Morgan fingerprint density at radius 2 is 2.28 bits per heavy atom. The van der Waals surface area contributed by atoms with Crippen LogP contribution in [0.4, 0.5) is 5.88 Å². The summed E-state index contributed by atoms with van der Waals surface area (Å²) in [6.07, 6.45) is 1.39. The number of anilines is 1. The first kappa shape index (κ1) is 13.0. The van der Waals surface area contributed by atoms with E-state index < -0.39 is 5.60 Å². The largest absolute Gasteiger partial charge is 0.390 e. The number of likely N-dealkylation sites (tertiary alicyclic amines) is 1. The van der Waals surface area contributed by atoms with Gasteiger partial charge in [0, 0.05) is 19.2 Å². The van der Waals surface area contributed by atoms with Crippen LogP contribution in [0.15, 0.2) is 10.6 Å². The molecule has 0 unspecified atom stereocenters. The molecule has 0 atom stereocenters. The second-order valence-corrected chi connectivity index (χ2v) is 5.15. The molecule has 1 amide bonds. The lowest BCUT2D eigenvalue weighted by molar-refractivity contribution is -0.118. The summed E-state index contributed by atoms with van der Waals surface area (Å²) in [5.74, 6) is 0.259. The maximum Gasteiger partial charge on any atom is 0.240 e. The molecule has 0 aromatic carbocycles. The molecular weight excluding hydrogens is 234 g/mol. The van der Waals surface area contributed by atoms with Gasteiger partial charge in [-0.15, -0.1) is 0 Å². The zero-order valence-electron chi connectivity index (χ0n) is 10.8. The molecule has 1 aliphatic rings. The van der Waals surface area contributed by atoms with Crippen LogP contribution in [-0.2, 0) is 4.79 Å². The fraction of sp³-hybridized carbons (Fsp3) is 0.667. The molecule has 2 N–H and O–H groups in total. The Kier molecular flexibility index (Phi) is 3.68. The van der Waals surface area contributed by atoms with Crippen LogP contribution in [0.2, 0.25) is 0 Å². The molecule has 0 radical (unpaired) electrons. The van der Waals surface area contributed by atoms with Crippen molar-refractivity contribution in [2.75, 3.05) is 25.0 Å². The van der Waals surface area contributed by atoms with Gasteiger partial charge in [0.2, 0.25) is 11.8 Å². The Labute approximate surface area is 106 Å². The van der Waals surface area contributed by atoms with Crippen molar-refractivity contribution in [2.45, 2.75) is 32.3 Å². The van der Waals surface area contributed by atoms with Crippen LogP contribution < -0.4 is 5.32 Å². The first-order chi connectivity index (χ1) is 8.44. The minimum absolute atomic E-state index is 0.118. The summed E-state index contributed by atoms with van der Waals surface area (Å²) in [6, 6.07) is 1.68. The van der Waals surface area contributed by atoms with Gasteiger partial charge in [0.15, 0.2) is 0 Å². The van der Waals surface area contributed by atoms with Gasteiger partial charge in [-0.2, -0.15) is 0 Å². The number of piperidine rings is 1. The average Bonchev–Trinajstić information content (AvgIpc) is 2.67. The molecule has 2 heterocycles. The molecule has 100 valence electrons. The highest BCUT2D eigenvalue weighted by Crippen LogP contribution is 2.20. The Morgan fingerprint density at radius 1 is 1.61 bits per heavy atom. The van der Waals surface area contributed by atoms with Gasteiger partial charge >= 0.3 is 0 Å². The van der Waals surface area contributed by atoms with Gasteiger partial charge in [-0.1, -0.05) is 5.16 Å². The number of amides is 1. The van der Waals surface area contributed by atoms with Crippen molar-refractivity contribution in [1.82, 2.24) is 10.1 Å². The molecule has 2 rings (SSSR count). The number of nitrogens with zero attached hydrogens (tertiary/aromatic N) is 2. The Balaban J connectivity index is 1.78. The van der Waals surface area contributed by atoms with Crippen molar-refractivity contribution in [3.63, 3.8) is 0 Å². The van der Waals surface area contributed by atoms with E-state index in [2.05, 4.69) is 10.5 Å². The van der Waals surface area contributed by atoms with Gasteiger partial charge in [-0.25, -0.2) is 0 Å². The summed E-state index contributed by atoms with van der Waals surface area (Å²) >= 11 is 0. The molecule has 1 aromatic rings.